The largest absolute Gasteiger partial charge is 0.497 e. The van der Waals surface area contributed by atoms with Crippen LogP contribution in [-0.4, -0.2) is 36.5 Å². The predicted octanol–water partition coefficient (Wildman–Crippen LogP) is 3.16. The minimum atomic E-state index is -0.593. The maximum atomic E-state index is 12.4. The van der Waals surface area contributed by atoms with E-state index in [1.54, 1.807) is 14.2 Å². The minimum Gasteiger partial charge on any atom is -0.497 e. The third kappa shape index (κ3) is 3.02. The van der Waals surface area contributed by atoms with Gasteiger partial charge in [-0.2, -0.15) is 0 Å². The Hall–Kier alpha value is -2.56. The van der Waals surface area contributed by atoms with Crippen molar-refractivity contribution in [3.63, 3.8) is 0 Å². The van der Waals surface area contributed by atoms with Crippen LogP contribution in [0.25, 0.3) is 0 Å². The van der Waals surface area contributed by atoms with Gasteiger partial charge in [0, 0.05) is 12.5 Å². The van der Waals surface area contributed by atoms with Gasteiger partial charge < -0.3 is 10.5 Å². The molecule has 0 spiro atoms. The number of amides is 1. The van der Waals surface area contributed by atoms with Crippen LogP contribution in [0.5, 0.6) is 5.75 Å². The van der Waals surface area contributed by atoms with Gasteiger partial charge in [0.05, 0.1) is 19.1 Å². The molecule has 0 saturated heterocycles. The summed E-state index contributed by atoms with van der Waals surface area (Å²) in [5.74, 6) is 1.13. The number of carbonyl (C=O) groups is 1. The Labute approximate surface area is 155 Å². The van der Waals surface area contributed by atoms with E-state index in [2.05, 4.69) is 44.2 Å². The molecule has 0 bridgehead atoms. The first-order valence-electron chi connectivity index (χ1n) is 9.00. The van der Waals surface area contributed by atoms with E-state index in [0.29, 0.717) is 6.42 Å². The highest BCUT2D eigenvalue weighted by molar-refractivity contribution is 5.99. The number of hydrogen-bond donors (Lipinski definition) is 1. The first-order valence-corrected chi connectivity index (χ1v) is 9.00. The van der Waals surface area contributed by atoms with E-state index in [0.717, 1.165) is 24.2 Å². The molecule has 1 unspecified atom stereocenters. The van der Waals surface area contributed by atoms with Gasteiger partial charge in [0.25, 0.3) is 0 Å². The first-order chi connectivity index (χ1) is 12.3. The SMILES string of the molecule is CC[C@@]1(C2=CC(C)(c3cccc(OC)c3)CC=C2)CC(=O)N(C)C(N)=N1. The summed E-state index contributed by atoms with van der Waals surface area (Å²) in [5.41, 5.74) is 7.49. The zero-order valence-corrected chi connectivity index (χ0v) is 16.0. The van der Waals surface area contributed by atoms with Crippen molar-refractivity contribution >= 4 is 11.9 Å². The predicted molar refractivity (Wildman–Crippen MR) is 104 cm³/mol. The van der Waals surface area contributed by atoms with Crippen molar-refractivity contribution in [1.82, 2.24) is 4.90 Å². The molecule has 1 aromatic carbocycles. The Balaban J connectivity index is 2.06. The van der Waals surface area contributed by atoms with Gasteiger partial charge in [0.2, 0.25) is 5.91 Å². The Morgan fingerprint density at radius 3 is 2.81 bits per heavy atom. The number of guanidine groups is 1. The van der Waals surface area contributed by atoms with E-state index < -0.39 is 5.54 Å². The average Bonchev–Trinajstić information content (AvgIpc) is 2.65. The van der Waals surface area contributed by atoms with E-state index in [1.165, 1.54) is 10.5 Å². The number of allylic oxidation sites excluding steroid dienone is 2. The smallest absolute Gasteiger partial charge is 0.231 e. The molecule has 0 aromatic heterocycles. The van der Waals surface area contributed by atoms with E-state index in [4.69, 9.17) is 15.5 Å². The van der Waals surface area contributed by atoms with Gasteiger partial charge in [-0.05, 0) is 36.1 Å². The Morgan fingerprint density at radius 1 is 1.38 bits per heavy atom. The third-order valence-electron chi connectivity index (χ3n) is 5.65. The molecule has 2 atom stereocenters. The van der Waals surface area contributed by atoms with Gasteiger partial charge >= 0.3 is 0 Å². The maximum Gasteiger partial charge on any atom is 0.231 e. The summed E-state index contributed by atoms with van der Waals surface area (Å²) in [6.07, 6.45) is 8.46. The van der Waals surface area contributed by atoms with Crippen molar-refractivity contribution in [2.24, 2.45) is 10.7 Å². The molecule has 1 aliphatic carbocycles. The molecule has 138 valence electrons. The van der Waals surface area contributed by atoms with Gasteiger partial charge in [-0.25, -0.2) is 4.99 Å². The lowest BCUT2D eigenvalue weighted by atomic mass is 9.70. The van der Waals surface area contributed by atoms with Crippen LogP contribution in [0.4, 0.5) is 0 Å². The molecule has 0 radical (unpaired) electrons. The molecule has 1 amide bonds. The van der Waals surface area contributed by atoms with Crippen LogP contribution < -0.4 is 10.5 Å². The summed E-state index contributed by atoms with van der Waals surface area (Å²) in [6.45, 7) is 4.26. The zero-order chi connectivity index (χ0) is 18.9. The number of carbonyl (C=O) groups excluding carboxylic acids is 1. The van der Waals surface area contributed by atoms with Crippen molar-refractivity contribution in [3.05, 3.63) is 53.6 Å². The monoisotopic (exact) mass is 353 g/mol. The van der Waals surface area contributed by atoms with Crippen LogP contribution in [-0.2, 0) is 10.2 Å². The van der Waals surface area contributed by atoms with E-state index in [-0.39, 0.29) is 17.3 Å². The molecule has 3 rings (SSSR count). The third-order valence-corrected chi connectivity index (χ3v) is 5.65. The van der Waals surface area contributed by atoms with Gasteiger partial charge in [0.15, 0.2) is 5.96 Å². The molecule has 0 fully saturated rings. The van der Waals surface area contributed by atoms with E-state index in [9.17, 15) is 4.79 Å². The molecule has 1 aromatic rings. The molecule has 5 nitrogen and oxygen atoms in total. The Morgan fingerprint density at radius 2 is 2.15 bits per heavy atom. The number of nitrogens with two attached hydrogens (primary N) is 1. The van der Waals surface area contributed by atoms with E-state index >= 15 is 0 Å². The second-order valence-corrected chi connectivity index (χ2v) is 7.34. The number of benzene rings is 1. The highest BCUT2D eigenvalue weighted by Crippen LogP contribution is 2.42. The summed E-state index contributed by atoms with van der Waals surface area (Å²) in [4.78, 5) is 18.6. The molecular weight excluding hydrogens is 326 g/mol. The maximum absolute atomic E-state index is 12.4. The number of rotatable bonds is 4. The number of aliphatic imine (C=N–C) groups is 1. The Bertz CT molecular complexity index is 811. The molecule has 1 aliphatic heterocycles. The molecule has 1 heterocycles. The quantitative estimate of drug-likeness (QED) is 0.904. The van der Waals surface area contributed by atoms with Crippen LogP contribution in [0.2, 0.25) is 0 Å². The molecule has 2 aliphatic rings. The summed E-state index contributed by atoms with van der Waals surface area (Å²) in [5, 5.41) is 0. The van der Waals surface area contributed by atoms with Crippen LogP contribution in [0.1, 0.15) is 38.7 Å². The lowest BCUT2D eigenvalue weighted by Gasteiger charge is -2.40. The second-order valence-electron chi connectivity index (χ2n) is 7.34. The normalized spacial score (nSPS) is 28.6. The molecule has 2 N–H and O–H groups in total. The standard InChI is InChI=1S/C21H27N3O2/c1-5-21(14-18(25)24(3)19(22)23-21)16-9-7-11-20(2,13-16)15-8-6-10-17(12-15)26-4/h6-10,12-13H,5,11,14H2,1-4H3,(H2,22,23)/t20?,21-/m0/s1. The fourth-order valence-corrected chi connectivity index (χ4v) is 3.76. The van der Waals surface area contributed by atoms with Crippen molar-refractivity contribution in [2.75, 3.05) is 14.2 Å². The lowest BCUT2D eigenvalue weighted by molar-refractivity contribution is -0.128. The summed E-state index contributed by atoms with van der Waals surface area (Å²) >= 11 is 0. The minimum absolute atomic E-state index is 0.00214. The van der Waals surface area contributed by atoms with Crippen molar-refractivity contribution in [2.45, 2.75) is 44.1 Å². The van der Waals surface area contributed by atoms with E-state index in [1.807, 2.05) is 12.1 Å². The highest BCUT2D eigenvalue weighted by atomic mass is 16.5. The van der Waals surface area contributed by atoms with Crippen LogP contribution in [0.15, 0.2) is 53.1 Å². The first kappa shape index (κ1) is 18.2. The summed E-state index contributed by atoms with van der Waals surface area (Å²) in [7, 11) is 3.35. The van der Waals surface area contributed by atoms with Gasteiger partial charge in [-0.15, -0.1) is 0 Å². The fraction of sp³-hybridized carbons (Fsp3) is 0.429. The zero-order valence-electron chi connectivity index (χ0n) is 16.0. The Kier molecular flexibility index (Phi) is 4.65. The summed E-state index contributed by atoms with van der Waals surface area (Å²) < 4.78 is 5.39. The van der Waals surface area contributed by atoms with Gasteiger partial charge in [-0.1, -0.05) is 44.2 Å². The van der Waals surface area contributed by atoms with Crippen molar-refractivity contribution in [3.8, 4) is 5.75 Å². The molecule has 26 heavy (non-hydrogen) atoms. The fourth-order valence-electron chi connectivity index (χ4n) is 3.76. The lowest BCUT2D eigenvalue weighted by Crippen LogP contribution is -2.50. The topological polar surface area (TPSA) is 67.9 Å². The van der Waals surface area contributed by atoms with Gasteiger partial charge in [-0.3, -0.25) is 9.69 Å². The van der Waals surface area contributed by atoms with Crippen LogP contribution in [0, 0.1) is 0 Å². The number of ether oxygens (including phenoxy) is 1. The number of hydrogen-bond acceptors (Lipinski definition) is 4. The van der Waals surface area contributed by atoms with Crippen LogP contribution >= 0.6 is 0 Å². The number of nitrogens with zero attached hydrogens (tertiary/aromatic N) is 2. The highest BCUT2D eigenvalue weighted by Gasteiger charge is 2.41. The molecule has 5 heteroatoms. The van der Waals surface area contributed by atoms with Crippen molar-refractivity contribution < 1.29 is 9.53 Å². The molecule has 0 saturated carbocycles. The number of methoxy groups -OCH3 is 1. The molecular formula is C21H27N3O2. The second kappa shape index (κ2) is 6.63. The van der Waals surface area contributed by atoms with Crippen molar-refractivity contribution in [1.29, 1.82) is 0 Å². The van der Waals surface area contributed by atoms with Crippen LogP contribution in [0.3, 0.4) is 0 Å². The summed E-state index contributed by atoms with van der Waals surface area (Å²) in [6, 6.07) is 8.15. The van der Waals surface area contributed by atoms with Gasteiger partial charge in [0.1, 0.15) is 5.75 Å². The average molecular weight is 353 g/mol.